The van der Waals surface area contributed by atoms with Gasteiger partial charge >= 0.3 is 5.69 Å². The number of likely N-dealkylation sites (N-methyl/N-ethyl adjacent to an activating group) is 1. The number of hydrogen-bond donors (Lipinski definition) is 1. The fraction of sp³-hybridized carbons (Fsp3) is 0.174. The summed E-state index contributed by atoms with van der Waals surface area (Å²) in [6, 6.07) is 12.9. The quantitative estimate of drug-likeness (QED) is 0.423. The topological polar surface area (TPSA) is 102 Å². The van der Waals surface area contributed by atoms with Gasteiger partial charge in [-0.1, -0.05) is 12.0 Å². The predicted molar refractivity (Wildman–Crippen MR) is 128 cm³/mol. The molecule has 168 valence electrons. The summed E-state index contributed by atoms with van der Waals surface area (Å²) in [7, 11) is -1.83. The molecule has 2 aromatic heterocycles. The van der Waals surface area contributed by atoms with E-state index >= 15 is 0 Å². The molecule has 4 rings (SSSR count). The van der Waals surface area contributed by atoms with Gasteiger partial charge in [-0.15, -0.1) is 6.42 Å². The maximum Gasteiger partial charge on any atom is 0.332 e. The van der Waals surface area contributed by atoms with Crippen molar-refractivity contribution in [3.8, 4) is 18.0 Å². The van der Waals surface area contributed by atoms with Crippen molar-refractivity contribution in [3.05, 3.63) is 77.2 Å². The van der Waals surface area contributed by atoms with Crippen LogP contribution in [0.2, 0.25) is 0 Å². The van der Waals surface area contributed by atoms with Crippen LogP contribution in [0.15, 0.2) is 66.0 Å². The first-order valence-corrected chi connectivity index (χ1v) is 11.9. The SMILES string of the molecule is C#Cc1cccc(Nc2ncnc3ccc(-n4ccn(CCN(C)S(C)(=O)=O)c4=O)cc23)c1. The van der Waals surface area contributed by atoms with Crippen molar-refractivity contribution in [1.82, 2.24) is 23.4 Å². The van der Waals surface area contributed by atoms with Gasteiger partial charge in [0.15, 0.2) is 0 Å². The van der Waals surface area contributed by atoms with E-state index in [0.29, 0.717) is 17.0 Å². The Balaban J connectivity index is 1.66. The highest BCUT2D eigenvalue weighted by Gasteiger charge is 2.13. The number of terminal acetylenes is 1. The van der Waals surface area contributed by atoms with Crippen molar-refractivity contribution in [2.45, 2.75) is 6.54 Å². The van der Waals surface area contributed by atoms with Crippen LogP contribution in [-0.4, -0.2) is 51.7 Å². The van der Waals surface area contributed by atoms with Crippen molar-refractivity contribution < 1.29 is 8.42 Å². The van der Waals surface area contributed by atoms with Crippen LogP contribution in [0.1, 0.15) is 5.56 Å². The van der Waals surface area contributed by atoms with Crippen LogP contribution < -0.4 is 11.0 Å². The first kappa shape index (κ1) is 22.3. The zero-order chi connectivity index (χ0) is 23.6. The third kappa shape index (κ3) is 4.79. The first-order chi connectivity index (χ1) is 15.8. The summed E-state index contributed by atoms with van der Waals surface area (Å²) in [5.74, 6) is 3.19. The van der Waals surface area contributed by atoms with Crippen LogP contribution in [0.4, 0.5) is 11.5 Å². The highest BCUT2D eigenvalue weighted by Crippen LogP contribution is 2.25. The molecule has 0 bridgehead atoms. The van der Waals surface area contributed by atoms with Gasteiger partial charge in [-0.2, -0.15) is 0 Å². The molecule has 1 N–H and O–H groups in total. The van der Waals surface area contributed by atoms with Crippen molar-refractivity contribution in [2.75, 3.05) is 25.2 Å². The van der Waals surface area contributed by atoms with Crippen LogP contribution >= 0.6 is 0 Å². The molecule has 0 aliphatic heterocycles. The lowest BCUT2D eigenvalue weighted by Crippen LogP contribution is -2.32. The molecule has 0 radical (unpaired) electrons. The molecular weight excluding hydrogens is 440 g/mol. The van der Waals surface area contributed by atoms with Crippen molar-refractivity contribution in [2.24, 2.45) is 0 Å². The van der Waals surface area contributed by atoms with Crippen LogP contribution in [0.3, 0.4) is 0 Å². The molecule has 0 saturated heterocycles. The minimum absolute atomic E-state index is 0.194. The second kappa shape index (κ2) is 8.90. The number of nitrogens with zero attached hydrogens (tertiary/aromatic N) is 5. The molecule has 0 fully saturated rings. The summed E-state index contributed by atoms with van der Waals surface area (Å²) in [6.07, 6.45) is 11.4. The monoisotopic (exact) mass is 462 g/mol. The van der Waals surface area contributed by atoms with E-state index in [1.165, 1.54) is 26.8 Å². The van der Waals surface area contributed by atoms with Gasteiger partial charge in [-0.05, 0) is 36.4 Å². The van der Waals surface area contributed by atoms with Crippen molar-refractivity contribution in [3.63, 3.8) is 0 Å². The third-order valence-corrected chi connectivity index (χ3v) is 6.57. The Morgan fingerprint density at radius 2 is 1.97 bits per heavy atom. The van der Waals surface area contributed by atoms with Gasteiger partial charge in [0.05, 0.1) is 17.5 Å². The molecule has 2 aromatic carbocycles. The lowest BCUT2D eigenvalue weighted by molar-refractivity contribution is 0.445. The molecule has 0 spiro atoms. The van der Waals surface area contributed by atoms with Gasteiger partial charge in [0.1, 0.15) is 12.1 Å². The van der Waals surface area contributed by atoms with E-state index in [1.54, 1.807) is 18.5 Å². The predicted octanol–water partition coefficient (Wildman–Crippen LogP) is 2.20. The summed E-state index contributed by atoms with van der Waals surface area (Å²) >= 11 is 0. The number of benzene rings is 2. The highest BCUT2D eigenvalue weighted by molar-refractivity contribution is 7.88. The number of anilines is 2. The van der Waals surface area contributed by atoms with Crippen molar-refractivity contribution in [1.29, 1.82) is 0 Å². The minimum Gasteiger partial charge on any atom is -0.340 e. The van der Waals surface area contributed by atoms with Crippen LogP contribution in [0, 0.1) is 12.3 Å². The smallest absolute Gasteiger partial charge is 0.332 e. The summed E-state index contributed by atoms with van der Waals surface area (Å²) < 4.78 is 27.4. The Morgan fingerprint density at radius 3 is 2.73 bits per heavy atom. The zero-order valence-corrected chi connectivity index (χ0v) is 19.0. The van der Waals surface area contributed by atoms with E-state index in [9.17, 15) is 13.2 Å². The average molecular weight is 463 g/mol. The minimum atomic E-state index is -3.31. The van der Waals surface area contributed by atoms with Gasteiger partial charge in [0.2, 0.25) is 10.0 Å². The summed E-state index contributed by atoms with van der Waals surface area (Å²) in [6.45, 7) is 0.434. The molecule has 2 heterocycles. The van der Waals surface area contributed by atoms with Crippen LogP contribution in [0.25, 0.3) is 16.6 Å². The normalized spacial score (nSPS) is 11.6. The van der Waals surface area contributed by atoms with Crippen LogP contribution in [-0.2, 0) is 16.6 Å². The van der Waals surface area contributed by atoms with E-state index in [4.69, 9.17) is 6.42 Å². The molecule has 0 saturated carbocycles. The molecule has 0 aliphatic carbocycles. The van der Waals surface area contributed by atoms with E-state index in [2.05, 4.69) is 21.2 Å². The Bertz CT molecular complexity index is 1530. The molecule has 33 heavy (non-hydrogen) atoms. The molecule has 0 atom stereocenters. The van der Waals surface area contributed by atoms with Gasteiger partial charge in [0, 0.05) is 49.2 Å². The molecule has 0 unspecified atom stereocenters. The number of hydrogen-bond acceptors (Lipinski definition) is 6. The lowest BCUT2D eigenvalue weighted by Gasteiger charge is -2.13. The second-order valence-corrected chi connectivity index (χ2v) is 9.59. The third-order valence-electron chi connectivity index (χ3n) is 5.26. The van der Waals surface area contributed by atoms with E-state index in [1.807, 2.05) is 36.4 Å². The molecule has 0 amide bonds. The highest BCUT2D eigenvalue weighted by atomic mass is 32.2. The first-order valence-electron chi connectivity index (χ1n) is 10.0. The molecule has 0 aliphatic rings. The summed E-state index contributed by atoms with van der Waals surface area (Å²) in [5, 5.41) is 4.00. The molecule has 10 heteroatoms. The number of rotatable bonds is 7. The zero-order valence-electron chi connectivity index (χ0n) is 18.1. The van der Waals surface area contributed by atoms with Crippen molar-refractivity contribution >= 4 is 32.4 Å². The fourth-order valence-corrected chi connectivity index (χ4v) is 3.72. The Kier molecular flexibility index (Phi) is 6.00. The number of nitrogens with one attached hydrogen (secondary N) is 1. The largest absolute Gasteiger partial charge is 0.340 e. The lowest BCUT2D eigenvalue weighted by atomic mass is 10.2. The standard InChI is InChI=1S/C23H22N6O3S/c1-4-17-6-5-7-18(14-17)26-22-20-15-19(8-9-21(20)24-16-25-22)29-13-12-28(23(29)30)11-10-27(2)33(3,31)32/h1,5-9,12-16H,10-11H2,2-3H3,(H,24,25,26). The number of sulfonamides is 1. The van der Waals surface area contributed by atoms with Gasteiger partial charge in [-0.3, -0.25) is 9.13 Å². The Morgan fingerprint density at radius 1 is 1.15 bits per heavy atom. The average Bonchev–Trinajstić information content (AvgIpc) is 3.17. The van der Waals surface area contributed by atoms with E-state index < -0.39 is 10.0 Å². The van der Waals surface area contributed by atoms with E-state index in [-0.39, 0.29) is 18.8 Å². The molecular formula is C23H22N6O3S. The van der Waals surface area contributed by atoms with Gasteiger partial charge in [0.25, 0.3) is 0 Å². The molecule has 9 nitrogen and oxygen atoms in total. The maximum absolute atomic E-state index is 12.9. The summed E-state index contributed by atoms with van der Waals surface area (Å²) in [5.41, 5.74) is 2.61. The Labute approximate surface area is 191 Å². The number of aromatic nitrogens is 4. The summed E-state index contributed by atoms with van der Waals surface area (Å²) in [4.78, 5) is 21.6. The van der Waals surface area contributed by atoms with E-state index in [0.717, 1.165) is 22.9 Å². The fourth-order valence-electron chi connectivity index (χ4n) is 3.31. The maximum atomic E-state index is 12.9. The number of fused-ring (bicyclic) bond motifs is 1. The molecule has 4 aromatic rings. The van der Waals surface area contributed by atoms with Gasteiger partial charge < -0.3 is 5.32 Å². The van der Waals surface area contributed by atoms with Gasteiger partial charge in [-0.25, -0.2) is 27.5 Å². The number of imidazole rings is 1. The Hall–Kier alpha value is -3.94. The second-order valence-electron chi connectivity index (χ2n) is 7.50. The van der Waals surface area contributed by atoms with Crippen LogP contribution in [0.5, 0.6) is 0 Å².